The number of amides is 2. The van der Waals surface area contributed by atoms with Gasteiger partial charge in [-0.3, -0.25) is 19.3 Å². The van der Waals surface area contributed by atoms with E-state index in [1.165, 1.54) is 0 Å². The summed E-state index contributed by atoms with van der Waals surface area (Å²) in [5.41, 5.74) is 4.73. The summed E-state index contributed by atoms with van der Waals surface area (Å²) >= 11 is 6.23. The van der Waals surface area contributed by atoms with E-state index in [4.69, 9.17) is 16.7 Å². The van der Waals surface area contributed by atoms with Crippen LogP contribution in [-0.2, 0) is 11.3 Å². The van der Waals surface area contributed by atoms with Crippen molar-refractivity contribution in [3.63, 3.8) is 0 Å². The van der Waals surface area contributed by atoms with Crippen molar-refractivity contribution >= 4 is 35.3 Å². The Morgan fingerprint density at radius 2 is 1.94 bits per heavy atom. The van der Waals surface area contributed by atoms with Gasteiger partial charge in [0.15, 0.2) is 0 Å². The van der Waals surface area contributed by atoms with E-state index in [0.29, 0.717) is 41.6 Å². The maximum atomic E-state index is 13.5. The first-order valence-corrected chi connectivity index (χ1v) is 12.4. The topological polar surface area (TPSA) is 79.6 Å². The molecule has 1 unspecified atom stereocenters. The van der Waals surface area contributed by atoms with E-state index in [-0.39, 0.29) is 17.9 Å². The minimum absolute atomic E-state index is 0.0328. The van der Waals surface area contributed by atoms with Gasteiger partial charge in [-0.1, -0.05) is 48.7 Å². The lowest BCUT2D eigenvalue weighted by atomic mass is 10.0. The Hall–Kier alpha value is -3.45. The molecule has 1 atom stereocenters. The predicted octanol–water partition coefficient (Wildman–Crippen LogP) is 5.35. The van der Waals surface area contributed by atoms with Crippen LogP contribution in [0.1, 0.15) is 59.8 Å². The first kappa shape index (κ1) is 23.3. The fourth-order valence-electron chi connectivity index (χ4n) is 4.87. The van der Waals surface area contributed by atoms with Crippen molar-refractivity contribution in [1.29, 1.82) is 0 Å². The second kappa shape index (κ2) is 10.0. The number of carbonyl (C=O) groups is 2. The van der Waals surface area contributed by atoms with Gasteiger partial charge in [-0.25, -0.2) is 0 Å². The number of anilines is 1. The third-order valence-electron chi connectivity index (χ3n) is 6.62. The van der Waals surface area contributed by atoms with Crippen LogP contribution in [0.5, 0.6) is 0 Å². The van der Waals surface area contributed by atoms with Crippen LogP contribution in [0.25, 0.3) is 11.3 Å². The van der Waals surface area contributed by atoms with Crippen LogP contribution in [0.3, 0.4) is 0 Å². The number of carbonyl (C=O) groups excluding carboxylic acids is 2. The Kier molecular flexibility index (Phi) is 6.68. The molecule has 0 saturated carbocycles. The van der Waals surface area contributed by atoms with Crippen LogP contribution in [0.15, 0.2) is 53.5 Å². The molecule has 0 radical (unpaired) electrons. The molecule has 180 valence electrons. The molecule has 2 amide bonds. The van der Waals surface area contributed by atoms with Crippen LogP contribution in [-0.4, -0.2) is 46.3 Å². The van der Waals surface area contributed by atoms with Crippen molar-refractivity contribution in [3.8, 4) is 11.3 Å². The fraction of sp³-hybridized carbons (Fsp3) is 0.333. The molecule has 35 heavy (non-hydrogen) atoms. The number of halogens is 1. The Morgan fingerprint density at radius 1 is 1.11 bits per heavy atom. The van der Waals surface area contributed by atoms with Gasteiger partial charge >= 0.3 is 0 Å². The average Bonchev–Trinajstić information content (AvgIpc) is 3.28. The first-order valence-electron chi connectivity index (χ1n) is 12.0. The highest BCUT2D eigenvalue weighted by molar-refractivity contribution is 6.31. The summed E-state index contributed by atoms with van der Waals surface area (Å²) in [6.07, 6.45) is 5.92. The molecule has 8 heteroatoms. The standard InChI is InChI=1S/C27H28ClN5O2/c1-29-15-18-7-9-19(10-8-18)16-32-17-21-5-3-2-4-6-26(34)30-23-13-20(28)11-12-22(23)24-14-25(27(32)35)33(21)31-24/h7-15,21H,2-6,16-17H2,1H3,(H,30,34)/b29-15-. The SMILES string of the molecule is C/N=C\c1ccc(CN2CC3CCCCCC(=O)Nc4cc(Cl)ccc4-c4cc(n3n4)C2=O)cc1. The summed E-state index contributed by atoms with van der Waals surface area (Å²) < 4.78 is 1.90. The Bertz CT molecular complexity index is 1280. The summed E-state index contributed by atoms with van der Waals surface area (Å²) in [5, 5.41) is 8.39. The molecule has 3 aromatic rings. The number of rotatable bonds is 3. The molecule has 0 saturated heterocycles. The largest absolute Gasteiger partial charge is 0.331 e. The smallest absolute Gasteiger partial charge is 0.272 e. The van der Waals surface area contributed by atoms with E-state index in [2.05, 4.69) is 10.3 Å². The number of nitrogens with one attached hydrogen (secondary N) is 1. The fourth-order valence-corrected chi connectivity index (χ4v) is 5.04. The van der Waals surface area contributed by atoms with E-state index in [1.807, 2.05) is 52.2 Å². The third-order valence-corrected chi connectivity index (χ3v) is 6.86. The van der Waals surface area contributed by atoms with E-state index in [9.17, 15) is 9.59 Å². The molecule has 7 nitrogen and oxygen atoms in total. The average molecular weight is 490 g/mol. The molecule has 2 aliphatic rings. The molecule has 5 rings (SSSR count). The minimum atomic E-state index is -0.0363. The number of hydrogen-bond donors (Lipinski definition) is 1. The van der Waals surface area contributed by atoms with Crippen LogP contribution < -0.4 is 5.32 Å². The first-order chi connectivity index (χ1) is 17.0. The summed E-state index contributed by atoms with van der Waals surface area (Å²) in [7, 11) is 1.75. The van der Waals surface area contributed by atoms with Gasteiger partial charge in [0.2, 0.25) is 5.91 Å². The van der Waals surface area contributed by atoms with E-state index in [0.717, 1.165) is 42.4 Å². The molecule has 0 spiro atoms. The number of fused-ring (bicyclic) bond motifs is 3. The van der Waals surface area contributed by atoms with Crippen molar-refractivity contribution in [3.05, 3.63) is 70.4 Å². The lowest BCUT2D eigenvalue weighted by Crippen LogP contribution is -2.42. The lowest BCUT2D eigenvalue weighted by molar-refractivity contribution is -0.116. The zero-order chi connectivity index (χ0) is 24.4. The van der Waals surface area contributed by atoms with E-state index < -0.39 is 0 Å². The quantitative estimate of drug-likeness (QED) is 0.503. The highest BCUT2D eigenvalue weighted by Crippen LogP contribution is 2.35. The van der Waals surface area contributed by atoms with Crippen LogP contribution >= 0.6 is 11.6 Å². The lowest BCUT2D eigenvalue weighted by Gasteiger charge is -2.33. The van der Waals surface area contributed by atoms with Crippen molar-refractivity contribution in [2.45, 2.75) is 44.7 Å². The summed E-state index contributed by atoms with van der Waals surface area (Å²) in [6, 6.07) is 15.4. The van der Waals surface area contributed by atoms with Crippen LogP contribution in [0.2, 0.25) is 5.02 Å². The Morgan fingerprint density at radius 3 is 2.74 bits per heavy atom. The van der Waals surface area contributed by atoms with Gasteiger partial charge in [-0.05, 0) is 48.2 Å². The second-order valence-corrected chi connectivity index (χ2v) is 9.60. The third kappa shape index (κ3) is 5.00. The predicted molar refractivity (Wildman–Crippen MR) is 138 cm³/mol. The molecule has 2 aromatic carbocycles. The summed E-state index contributed by atoms with van der Waals surface area (Å²) in [6.45, 7) is 1.15. The molecular weight excluding hydrogens is 462 g/mol. The number of aliphatic imine (C=N–C) groups is 1. The van der Waals surface area contributed by atoms with Crippen molar-refractivity contribution in [1.82, 2.24) is 14.7 Å². The van der Waals surface area contributed by atoms with Crippen molar-refractivity contribution < 1.29 is 9.59 Å². The number of nitrogens with zero attached hydrogens (tertiary/aromatic N) is 4. The highest BCUT2D eigenvalue weighted by Gasteiger charge is 2.33. The van der Waals surface area contributed by atoms with Gasteiger partial charge in [-0.2, -0.15) is 5.10 Å². The summed E-state index contributed by atoms with van der Waals surface area (Å²) in [5.74, 6) is -0.0691. The molecule has 2 aliphatic heterocycles. The van der Waals surface area contributed by atoms with Crippen molar-refractivity contribution in [2.24, 2.45) is 4.99 Å². The number of aromatic nitrogens is 2. The summed E-state index contributed by atoms with van der Waals surface area (Å²) in [4.78, 5) is 32.0. The number of benzene rings is 2. The molecule has 2 bridgehead atoms. The second-order valence-electron chi connectivity index (χ2n) is 9.17. The molecule has 0 fully saturated rings. The van der Waals surface area contributed by atoms with Crippen LogP contribution in [0, 0.1) is 0 Å². The van der Waals surface area contributed by atoms with Gasteiger partial charge in [-0.15, -0.1) is 0 Å². The highest BCUT2D eigenvalue weighted by atomic mass is 35.5. The zero-order valence-corrected chi connectivity index (χ0v) is 20.5. The molecular formula is C27H28ClN5O2. The number of hydrogen-bond acceptors (Lipinski definition) is 4. The molecule has 3 heterocycles. The van der Waals surface area contributed by atoms with Crippen molar-refractivity contribution in [2.75, 3.05) is 18.9 Å². The Balaban J connectivity index is 1.50. The molecule has 1 N–H and O–H groups in total. The monoisotopic (exact) mass is 489 g/mol. The van der Waals surface area contributed by atoms with Gasteiger partial charge in [0.1, 0.15) is 5.69 Å². The van der Waals surface area contributed by atoms with E-state index >= 15 is 0 Å². The van der Waals surface area contributed by atoms with Gasteiger partial charge in [0, 0.05) is 43.4 Å². The molecule has 0 aliphatic carbocycles. The maximum Gasteiger partial charge on any atom is 0.272 e. The zero-order valence-electron chi connectivity index (χ0n) is 19.7. The molecule has 1 aromatic heterocycles. The Labute approximate surface area is 209 Å². The maximum absolute atomic E-state index is 13.5. The van der Waals surface area contributed by atoms with E-state index in [1.54, 1.807) is 19.2 Å². The van der Waals surface area contributed by atoms with Gasteiger partial charge in [0.05, 0.1) is 17.4 Å². The minimum Gasteiger partial charge on any atom is -0.331 e. The van der Waals surface area contributed by atoms with Crippen LogP contribution in [0.4, 0.5) is 5.69 Å². The normalized spacial score (nSPS) is 18.5. The van der Waals surface area contributed by atoms with Gasteiger partial charge < -0.3 is 10.2 Å². The van der Waals surface area contributed by atoms with Gasteiger partial charge in [0.25, 0.3) is 5.91 Å².